The Morgan fingerprint density at radius 2 is 1.94 bits per heavy atom. The van der Waals surface area contributed by atoms with Crippen molar-refractivity contribution in [2.45, 2.75) is 54.2 Å². The van der Waals surface area contributed by atoms with Gasteiger partial charge < -0.3 is 21.5 Å². The molecule has 5 N–H and O–H groups in total. The van der Waals surface area contributed by atoms with Crippen molar-refractivity contribution in [2.24, 2.45) is 5.73 Å². The summed E-state index contributed by atoms with van der Waals surface area (Å²) in [5.41, 5.74) is 12.5. The van der Waals surface area contributed by atoms with Crippen molar-refractivity contribution in [3.05, 3.63) is 35.6 Å². The van der Waals surface area contributed by atoms with E-state index in [2.05, 4.69) is 19.9 Å². The van der Waals surface area contributed by atoms with Crippen molar-refractivity contribution < 1.29 is 5.11 Å². The molecule has 0 spiro atoms. The fraction of sp³-hybridized carbons (Fsp3) is 0.429. The number of nitrogens with two attached hydrogens (primary N) is 2. The zero-order valence-electron chi connectivity index (χ0n) is 17.5. The third-order valence-electron chi connectivity index (χ3n) is 5.33. The first kappa shape index (κ1) is 22.0. The van der Waals surface area contributed by atoms with Gasteiger partial charge in [-0.3, -0.25) is 0 Å². The quantitative estimate of drug-likeness (QED) is 0.526. The summed E-state index contributed by atoms with van der Waals surface area (Å²) < 4.78 is 0. The van der Waals surface area contributed by atoms with Crippen molar-refractivity contribution in [3.63, 3.8) is 0 Å². The standard InChI is InChI=1S/C21H26ClN7OS/c1-20(2,30)12-21(24)6-9-29(10-7-21)15-11-26-19-13(27-15)3-4-16(28-19)31-14-5-8-25-18(23)17(14)22/h3-5,8,11,30H,6-7,9-10,12,24H2,1-2H3,(H2,23,25). The van der Waals surface area contributed by atoms with Crippen LogP contribution in [0.15, 0.2) is 40.5 Å². The van der Waals surface area contributed by atoms with E-state index < -0.39 is 5.60 Å². The van der Waals surface area contributed by atoms with Gasteiger partial charge in [-0.25, -0.2) is 19.9 Å². The number of pyridine rings is 2. The van der Waals surface area contributed by atoms with Crippen LogP contribution < -0.4 is 16.4 Å². The molecule has 3 aromatic heterocycles. The molecule has 0 radical (unpaired) electrons. The smallest absolute Gasteiger partial charge is 0.179 e. The van der Waals surface area contributed by atoms with E-state index in [0.29, 0.717) is 22.9 Å². The normalized spacial score (nSPS) is 16.6. The lowest BCUT2D eigenvalue weighted by molar-refractivity contribution is 0.0395. The van der Waals surface area contributed by atoms with Crippen LogP contribution in [0.5, 0.6) is 0 Å². The van der Waals surface area contributed by atoms with Gasteiger partial charge in [0.1, 0.15) is 22.2 Å². The number of aliphatic hydroxyl groups is 1. The molecule has 10 heteroatoms. The minimum atomic E-state index is -0.771. The third-order valence-corrected chi connectivity index (χ3v) is 6.84. The average molecular weight is 460 g/mol. The van der Waals surface area contributed by atoms with Gasteiger partial charge in [0.25, 0.3) is 0 Å². The van der Waals surface area contributed by atoms with Gasteiger partial charge in [0.2, 0.25) is 0 Å². The molecular weight excluding hydrogens is 434 g/mol. The zero-order chi connectivity index (χ0) is 22.2. The second kappa shape index (κ2) is 8.38. The maximum Gasteiger partial charge on any atom is 0.179 e. The molecule has 0 aliphatic carbocycles. The number of anilines is 2. The molecule has 1 aliphatic heterocycles. The second-order valence-electron chi connectivity index (χ2n) is 8.67. The first-order valence-electron chi connectivity index (χ1n) is 10.1. The van der Waals surface area contributed by atoms with Crippen LogP contribution in [0.4, 0.5) is 11.6 Å². The highest BCUT2D eigenvalue weighted by molar-refractivity contribution is 7.99. The summed E-state index contributed by atoms with van der Waals surface area (Å²) in [5.74, 6) is 1.10. The van der Waals surface area contributed by atoms with E-state index in [0.717, 1.165) is 47.2 Å². The van der Waals surface area contributed by atoms with E-state index >= 15 is 0 Å². The summed E-state index contributed by atoms with van der Waals surface area (Å²) in [6.45, 7) is 5.16. The van der Waals surface area contributed by atoms with E-state index in [9.17, 15) is 5.11 Å². The third kappa shape index (κ3) is 5.17. The van der Waals surface area contributed by atoms with Gasteiger partial charge in [0.05, 0.1) is 16.8 Å². The summed E-state index contributed by atoms with van der Waals surface area (Å²) in [6.07, 6.45) is 5.53. The second-order valence-corrected chi connectivity index (χ2v) is 10.1. The number of nitrogens with zero attached hydrogens (tertiary/aromatic N) is 5. The Morgan fingerprint density at radius 1 is 1.19 bits per heavy atom. The summed E-state index contributed by atoms with van der Waals surface area (Å²) in [6, 6.07) is 5.60. The summed E-state index contributed by atoms with van der Waals surface area (Å²) in [5, 5.41) is 11.3. The van der Waals surface area contributed by atoms with Crippen molar-refractivity contribution in [3.8, 4) is 0 Å². The van der Waals surface area contributed by atoms with Gasteiger partial charge in [0.15, 0.2) is 5.65 Å². The fourth-order valence-corrected chi connectivity index (χ4v) is 4.98. The van der Waals surface area contributed by atoms with Gasteiger partial charge >= 0.3 is 0 Å². The maximum atomic E-state index is 10.1. The van der Waals surface area contributed by atoms with Crippen LogP contribution in [0, 0.1) is 0 Å². The number of halogens is 1. The van der Waals surface area contributed by atoms with Crippen molar-refractivity contribution in [2.75, 3.05) is 23.7 Å². The molecule has 0 unspecified atom stereocenters. The molecule has 164 valence electrons. The molecule has 0 amide bonds. The van der Waals surface area contributed by atoms with Crippen LogP contribution in [0.3, 0.4) is 0 Å². The predicted molar refractivity (Wildman–Crippen MR) is 124 cm³/mol. The molecule has 4 rings (SSSR count). The first-order valence-corrected chi connectivity index (χ1v) is 11.3. The molecule has 3 aromatic rings. The number of fused-ring (bicyclic) bond motifs is 1. The minimum Gasteiger partial charge on any atom is -0.390 e. The molecule has 1 aliphatic rings. The molecule has 0 saturated carbocycles. The maximum absolute atomic E-state index is 10.1. The zero-order valence-corrected chi connectivity index (χ0v) is 19.1. The van der Waals surface area contributed by atoms with Crippen LogP contribution in [0.1, 0.15) is 33.1 Å². The number of rotatable bonds is 5. The Labute approximate surface area is 190 Å². The largest absolute Gasteiger partial charge is 0.390 e. The Bertz CT molecular complexity index is 1100. The van der Waals surface area contributed by atoms with E-state index in [1.807, 2.05) is 12.1 Å². The molecule has 1 saturated heterocycles. The molecule has 0 aromatic carbocycles. The number of hydrogen-bond acceptors (Lipinski definition) is 9. The van der Waals surface area contributed by atoms with E-state index in [-0.39, 0.29) is 5.54 Å². The lowest BCUT2D eigenvalue weighted by atomic mass is 9.80. The van der Waals surface area contributed by atoms with Crippen LogP contribution in [0.2, 0.25) is 5.02 Å². The van der Waals surface area contributed by atoms with E-state index in [4.69, 9.17) is 28.1 Å². The highest BCUT2D eigenvalue weighted by Crippen LogP contribution is 2.35. The minimum absolute atomic E-state index is 0.294. The van der Waals surface area contributed by atoms with Crippen LogP contribution >= 0.6 is 23.4 Å². The lowest BCUT2D eigenvalue weighted by Gasteiger charge is -2.42. The highest BCUT2D eigenvalue weighted by atomic mass is 35.5. The number of aromatic nitrogens is 4. The van der Waals surface area contributed by atoms with Crippen molar-refractivity contribution in [1.29, 1.82) is 0 Å². The average Bonchev–Trinajstić information content (AvgIpc) is 2.70. The molecule has 0 bridgehead atoms. The molecule has 1 fully saturated rings. The highest BCUT2D eigenvalue weighted by Gasteiger charge is 2.35. The van der Waals surface area contributed by atoms with Crippen molar-refractivity contribution >= 4 is 46.2 Å². The molecule has 4 heterocycles. The topological polar surface area (TPSA) is 127 Å². The fourth-order valence-electron chi connectivity index (χ4n) is 3.94. The SMILES string of the molecule is CC(C)(O)CC1(N)CCN(c2cnc3nc(Sc4ccnc(N)c4Cl)ccc3n2)CC1. The molecule has 0 atom stereocenters. The first-order chi connectivity index (χ1) is 14.6. The monoisotopic (exact) mass is 459 g/mol. The summed E-state index contributed by atoms with van der Waals surface area (Å²) in [7, 11) is 0. The van der Waals surface area contributed by atoms with Gasteiger partial charge in [0, 0.05) is 29.7 Å². The van der Waals surface area contributed by atoms with E-state index in [1.54, 1.807) is 32.3 Å². The van der Waals surface area contributed by atoms with Crippen molar-refractivity contribution in [1.82, 2.24) is 19.9 Å². The Balaban J connectivity index is 1.48. The number of nitrogen functional groups attached to an aromatic ring is 1. The number of piperidine rings is 1. The Hall–Kier alpha value is -2.20. The lowest BCUT2D eigenvalue weighted by Crippen LogP contribution is -2.53. The molecular formula is C21H26ClN7OS. The molecule has 31 heavy (non-hydrogen) atoms. The number of hydrogen-bond donors (Lipinski definition) is 3. The van der Waals surface area contributed by atoms with Gasteiger partial charge in [-0.15, -0.1) is 0 Å². The van der Waals surface area contributed by atoms with Crippen LogP contribution in [0.25, 0.3) is 11.2 Å². The predicted octanol–water partition coefficient (Wildman–Crippen LogP) is 3.27. The van der Waals surface area contributed by atoms with Crippen LogP contribution in [-0.2, 0) is 0 Å². The molecule has 8 nitrogen and oxygen atoms in total. The van der Waals surface area contributed by atoms with Gasteiger partial charge in [-0.1, -0.05) is 23.4 Å². The van der Waals surface area contributed by atoms with E-state index in [1.165, 1.54) is 11.8 Å². The van der Waals surface area contributed by atoms with Gasteiger partial charge in [-0.2, -0.15) is 0 Å². The summed E-state index contributed by atoms with van der Waals surface area (Å²) in [4.78, 5) is 20.8. The summed E-state index contributed by atoms with van der Waals surface area (Å²) >= 11 is 7.64. The van der Waals surface area contributed by atoms with Crippen LogP contribution in [-0.4, -0.2) is 49.3 Å². The Morgan fingerprint density at radius 3 is 2.65 bits per heavy atom. The Kier molecular flexibility index (Phi) is 5.95. The van der Waals surface area contributed by atoms with Gasteiger partial charge in [-0.05, 0) is 51.3 Å².